The van der Waals surface area contributed by atoms with E-state index in [1.54, 1.807) is 6.92 Å². The van der Waals surface area contributed by atoms with Gasteiger partial charge in [0.15, 0.2) is 5.78 Å². The summed E-state index contributed by atoms with van der Waals surface area (Å²) in [5, 5.41) is 0. The highest BCUT2D eigenvalue weighted by atomic mass is 16.1. The van der Waals surface area contributed by atoms with Gasteiger partial charge in [-0.3, -0.25) is 4.79 Å². The molecule has 0 N–H and O–H groups in total. The second-order valence-electron chi connectivity index (χ2n) is 5.60. The van der Waals surface area contributed by atoms with Crippen molar-refractivity contribution in [3.05, 3.63) is 41.0 Å². The lowest BCUT2D eigenvalue weighted by molar-refractivity contribution is 0.101. The number of rotatable bonds is 7. The highest BCUT2D eigenvalue weighted by Gasteiger charge is 2.02. The van der Waals surface area contributed by atoms with Gasteiger partial charge in [0.05, 0.1) is 0 Å². The lowest BCUT2D eigenvalue weighted by Gasteiger charge is -2.09. The molecule has 1 aromatic carbocycles. The highest BCUT2D eigenvalue weighted by molar-refractivity contribution is 5.94. The Labute approximate surface area is 117 Å². The van der Waals surface area contributed by atoms with Gasteiger partial charge in [-0.2, -0.15) is 0 Å². The molecule has 0 aliphatic rings. The van der Waals surface area contributed by atoms with Crippen LogP contribution in [-0.2, 0) is 0 Å². The van der Waals surface area contributed by atoms with Crippen molar-refractivity contribution < 1.29 is 4.79 Å². The maximum Gasteiger partial charge on any atom is 0.159 e. The molecule has 1 rings (SSSR count). The molecule has 104 valence electrons. The molecule has 1 atom stereocenters. The van der Waals surface area contributed by atoms with E-state index in [0.29, 0.717) is 0 Å². The summed E-state index contributed by atoms with van der Waals surface area (Å²) in [7, 11) is 0. The topological polar surface area (TPSA) is 17.1 Å². The van der Waals surface area contributed by atoms with Crippen LogP contribution in [0.3, 0.4) is 0 Å². The predicted octanol–water partition coefficient (Wildman–Crippen LogP) is 5.51. The van der Waals surface area contributed by atoms with Crippen LogP contribution in [0.25, 0.3) is 6.08 Å². The Morgan fingerprint density at radius 2 is 1.79 bits per heavy atom. The molecular weight excluding hydrogens is 232 g/mol. The third kappa shape index (κ3) is 5.87. The monoisotopic (exact) mass is 258 g/mol. The van der Waals surface area contributed by atoms with Crippen molar-refractivity contribution in [3.8, 4) is 0 Å². The van der Waals surface area contributed by atoms with Gasteiger partial charge >= 0.3 is 0 Å². The van der Waals surface area contributed by atoms with Gasteiger partial charge in [-0.05, 0) is 38.2 Å². The van der Waals surface area contributed by atoms with Gasteiger partial charge in [-0.25, -0.2) is 0 Å². The molecule has 0 radical (unpaired) electrons. The van der Waals surface area contributed by atoms with Gasteiger partial charge in [0.25, 0.3) is 0 Å². The Bertz CT molecular complexity index is 426. The summed E-state index contributed by atoms with van der Waals surface area (Å²) < 4.78 is 0. The van der Waals surface area contributed by atoms with Crippen LogP contribution in [0.15, 0.2) is 29.8 Å². The third-order valence-electron chi connectivity index (χ3n) is 3.54. The Hall–Kier alpha value is -1.37. The number of ketones is 1. The van der Waals surface area contributed by atoms with Gasteiger partial charge in [0.1, 0.15) is 0 Å². The smallest absolute Gasteiger partial charge is 0.159 e. The van der Waals surface area contributed by atoms with Gasteiger partial charge in [0.2, 0.25) is 0 Å². The standard InChI is InChI=1S/C18H26O/c1-5-6-14(2)7-8-15(3)13-17-9-11-18(12-10-17)16(4)19/h9-14H,5-8H2,1-4H3/b15-13-. The summed E-state index contributed by atoms with van der Waals surface area (Å²) in [5.74, 6) is 0.939. The summed E-state index contributed by atoms with van der Waals surface area (Å²) in [6.07, 6.45) is 7.25. The maximum absolute atomic E-state index is 11.2. The van der Waals surface area contributed by atoms with E-state index < -0.39 is 0 Å². The van der Waals surface area contributed by atoms with Crippen LogP contribution in [0.1, 0.15) is 69.3 Å². The second kappa shape index (κ2) is 7.93. The lowest BCUT2D eigenvalue weighted by Crippen LogP contribution is -1.94. The fourth-order valence-corrected chi connectivity index (χ4v) is 2.28. The van der Waals surface area contributed by atoms with Gasteiger partial charge in [0, 0.05) is 5.56 Å². The van der Waals surface area contributed by atoms with Gasteiger partial charge < -0.3 is 0 Å². The van der Waals surface area contributed by atoms with Crippen LogP contribution in [0.5, 0.6) is 0 Å². The number of carbonyl (C=O) groups is 1. The number of carbonyl (C=O) groups excluding carboxylic acids is 1. The highest BCUT2D eigenvalue weighted by Crippen LogP contribution is 2.18. The average Bonchev–Trinajstić information content (AvgIpc) is 2.37. The number of allylic oxidation sites excluding steroid dienone is 1. The summed E-state index contributed by atoms with van der Waals surface area (Å²) >= 11 is 0. The first-order valence-corrected chi connectivity index (χ1v) is 7.31. The predicted molar refractivity (Wildman–Crippen MR) is 83.4 cm³/mol. The van der Waals surface area contributed by atoms with Crippen LogP contribution in [0.4, 0.5) is 0 Å². The Balaban J connectivity index is 2.56. The molecule has 0 bridgehead atoms. The normalized spacial score (nSPS) is 13.4. The van der Waals surface area contributed by atoms with Crippen molar-refractivity contribution in [1.29, 1.82) is 0 Å². The van der Waals surface area contributed by atoms with Gasteiger partial charge in [-0.15, -0.1) is 0 Å². The lowest BCUT2D eigenvalue weighted by atomic mass is 9.97. The Morgan fingerprint density at radius 1 is 1.16 bits per heavy atom. The fraction of sp³-hybridized carbons (Fsp3) is 0.500. The molecule has 0 amide bonds. The molecule has 19 heavy (non-hydrogen) atoms. The van der Waals surface area contributed by atoms with E-state index in [1.165, 1.54) is 30.4 Å². The molecule has 1 heteroatoms. The third-order valence-corrected chi connectivity index (χ3v) is 3.54. The zero-order chi connectivity index (χ0) is 14.3. The van der Waals surface area contributed by atoms with Crippen molar-refractivity contribution >= 4 is 11.9 Å². The van der Waals surface area contributed by atoms with Crippen molar-refractivity contribution in [2.75, 3.05) is 0 Å². The molecule has 1 aromatic rings. The average molecular weight is 258 g/mol. The van der Waals surface area contributed by atoms with E-state index in [-0.39, 0.29) is 5.78 Å². The molecule has 0 heterocycles. The summed E-state index contributed by atoms with van der Waals surface area (Å²) in [4.78, 5) is 11.2. The molecule has 0 spiro atoms. The number of benzene rings is 1. The second-order valence-corrected chi connectivity index (χ2v) is 5.60. The SMILES string of the molecule is CCCC(C)CC/C(C)=C\c1ccc(C(C)=O)cc1. The minimum Gasteiger partial charge on any atom is -0.295 e. The summed E-state index contributed by atoms with van der Waals surface area (Å²) in [5.41, 5.74) is 3.38. The molecule has 0 fully saturated rings. The van der Waals surface area contributed by atoms with Crippen LogP contribution in [-0.4, -0.2) is 5.78 Å². The number of hydrogen-bond acceptors (Lipinski definition) is 1. The minimum absolute atomic E-state index is 0.126. The van der Waals surface area contributed by atoms with Crippen molar-refractivity contribution in [2.45, 2.75) is 53.4 Å². The van der Waals surface area contributed by atoms with E-state index in [0.717, 1.165) is 17.9 Å². The quantitative estimate of drug-likeness (QED) is 0.589. The zero-order valence-corrected chi connectivity index (χ0v) is 12.7. The minimum atomic E-state index is 0.126. The van der Waals surface area contributed by atoms with Crippen LogP contribution >= 0.6 is 0 Å². The van der Waals surface area contributed by atoms with E-state index in [2.05, 4.69) is 26.8 Å². The maximum atomic E-state index is 11.2. The molecular formula is C18H26O. The Morgan fingerprint density at radius 3 is 2.32 bits per heavy atom. The van der Waals surface area contributed by atoms with Crippen LogP contribution in [0, 0.1) is 5.92 Å². The first kappa shape index (κ1) is 15.7. The Kier molecular flexibility index (Phi) is 6.55. The number of Topliss-reactive ketones (excluding diaryl/α,β-unsaturated/α-hetero) is 1. The summed E-state index contributed by atoms with van der Waals surface area (Å²) in [6.45, 7) is 8.37. The molecule has 0 aliphatic carbocycles. The van der Waals surface area contributed by atoms with E-state index >= 15 is 0 Å². The van der Waals surface area contributed by atoms with Crippen LogP contribution < -0.4 is 0 Å². The van der Waals surface area contributed by atoms with E-state index in [1.807, 2.05) is 24.3 Å². The zero-order valence-electron chi connectivity index (χ0n) is 12.7. The van der Waals surface area contributed by atoms with Crippen LogP contribution in [0.2, 0.25) is 0 Å². The molecule has 1 nitrogen and oxygen atoms in total. The summed E-state index contributed by atoms with van der Waals surface area (Å²) in [6, 6.07) is 7.85. The van der Waals surface area contributed by atoms with Gasteiger partial charge in [-0.1, -0.05) is 62.6 Å². The van der Waals surface area contributed by atoms with Crippen molar-refractivity contribution in [2.24, 2.45) is 5.92 Å². The van der Waals surface area contributed by atoms with E-state index in [9.17, 15) is 4.79 Å². The van der Waals surface area contributed by atoms with Crippen molar-refractivity contribution in [3.63, 3.8) is 0 Å². The molecule has 0 saturated heterocycles. The first-order valence-electron chi connectivity index (χ1n) is 7.31. The van der Waals surface area contributed by atoms with E-state index in [4.69, 9.17) is 0 Å². The molecule has 0 aromatic heterocycles. The largest absolute Gasteiger partial charge is 0.295 e. The molecule has 1 unspecified atom stereocenters. The van der Waals surface area contributed by atoms with Crippen molar-refractivity contribution in [1.82, 2.24) is 0 Å². The fourth-order valence-electron chi connectivity index (χ4n) is 2.28. The molecule has 0 aliphatic heterocycles. The molecule has 0 saturated carbocycles. The first-order chi connectivity index (χ1) is 9.02. The number of hydrogen-bond donors (Lipinski definition) is 0.